The number of halogens is 1. The van der Waals surface area contributed by atoms with Crippen LogP contribution in [-0.2, 0) is 6.54 Å². The Bertz CT molecular complexity index is 747. The minimum Gasteiger partial charge on any atom is -0.383 e. The van der Waals surface area contributed by atoms with Gasteiger partial charge in [0.15, 0.2) is 5.96 Å². The van der Waals surface area contributed by atoms with Gasteiger partial charge in [-0.2, -0.15) is 0 Å². The van der Waals surface area contributed by atoms with Gasteiger partial charge in [-0.3, -0.25) is 15.1 Å². The standard InChI is InChI=1S/C18H22FN5O2/c1-20-18(23(2)13-14-3-5-15(19)6-4-14)22-12-11-21-16-7-9-17(10-8-16)24(25)26/h3-10,21H,11-13H2,1-2H3,(H,20,22). The second kappa shape index (κ2) is 9.36. The van der Waals surface area contributed by atoms with E-state index in [0.29, 0.717) is 19.6 Å². The van der Waals surface area contributed by atoms with E-state index in [2.05, 4.69) is 15.6 Å². The number of nitro benzene ring substituents is 1. The molecule has 26 heavy (non-hydrogen) atoms. The topological polar surface area (TPSA) is 82.8 Å². The lowest BCUT2D eigenvalue weighted by molar-refractivity contribution is -0.384. The Hall–Kier alpha value is -3.16. The van der Waals surface area contributed by atoms with Gasteiger partial charge < -0.3 is 15.5 Å². The number of nitrogens with zero attached hydrogens (tertiary/aromatic N) is 3. The third kappa shape index (κ3) is 5.73. The van der Waals surface area contributed by atoms with E-state index in [0.717, 1.165) is 17.2 Å². The van der Waals surface area contributed by atoms with E-state index in [9.17, 15) is 14.5 Å². The molecular formula is C18H22FN5O2. The normalized spacial score (nSPS) is 11.1. The molecule has 2 aromatic rings. The van der Waals surface area contributed by atoms with Crippen molar-refractivity contribution in [2.75, 3.05) is 32.5 Å². The van der Waals surface area contributed by atoms with Crippen LogP contribution in [0, 0.1) is 15.9 Å². The highest BCUT2D eigenvalue weighted by Crippen LogP contribution is 2.14. The fraction of sp³-hybridized carbons (Fsp3) is 0.278. The van der Waals surface area contributed by atoms with Crippen LogP contribution in [-0.4, -0.2) is 43.0 Å². The van der Waals surface area contributed by atoms with Crippen molar-refractivity contribution in [2.45, 2.75) is 6.54 Å². The number of non-ortho nitro benzene ring substituents is 1. The molecule has 7 nitrogen and oxygen atoms in total. The first-order chi connectivity index (χ1) is 12.5. The molecule has 0 radical (unpaired) electrons. The summed E-state index contributed by atoms with van der Waals surface area (Å²) in [6.45, 7) is 1.86. The van der Waals surface area contributed by atoms with Crippen LogP contribution in [0.15, 0.2) is 53.5 Å². The molecule has 0 aliphatic heterocycles. The highest BCUT2D eigenvalue weighted by atomic mass is 19.1. The van der Waals surface area contributed by atoms with E-state index < -0.39 is 4.92 Å². The molecule has 8 heteroatoms. The van der Waals surface area contributed by atoms with Gasteiger partial charge in [0.25, 0.3) is 5.69 Å². The predicted octanol–water partition coefficient (Wildman–Crippen LogP) is 2.85. The summed E-state index contributed by atoms with van der Waals surface area (Å²) in [5.74, 6) is 0.469. The summed E-state index contributed by atoms with van der Waals surface area (Å²) < 4.78 is 13.0. The molecule has 0 unspecified atom stereocenters. The van der Waals surface area contributed by atoms with Gasteiger partial charge in [-0.1, -0.05) is 12.1 Å². The highest BCUT2D eigenvalue weighted by molar-refractivity contribution is 5.79. The number of benzene rings is 2. The molecule has 0 aromatic heterocycles. The number of anilines is 1. The van der Waals surface area contributed by atoms with Gasteiger partial charge in [0, 0.05) is 51.5 Å². The lowest BCUT2D eigenvalue weighted by atomic mass is 10.2. The Balaban J connectivity index is 1.77. The number of rotatable bonds is 7. The van der Waals surface area contributed by atoms with Crippen molar-refractivity contribution >= 4 is 17.3 Å². The first-order valence-corrected chi connectivity index (χ1v) is 8.14. The molecule has 0 saturated carbocycles. The molecule has 0 aliphatic rings. The zero-order chi connectivity index (χ0) is 18.9. The summed E-state index contributed by atoms with van der Waals surface area (Å²) in [6.07, 6.45) is 0. The molecule has 0 fully saturated rings. The zero-order valence-corrected chi connectivity index (χ0v) is 14.8. The monoisotopic (exact) mass is 359 g/mol. The third-order valence-corrected chi connectivity index (χ3v) is 3.72. The molecule has 0 bridgehead atoms. The van der Waals surface area contributed by atoms with Gasteiger partial charge >= 0.3 is 0 Å². The SMILES string of the molecule is CN=C(NCCNc1ccc([N+](=O)[O-])cc1)N(C)Cc1ccc(F)cc1. The van der Waals surface area contributed by atoms with Crippen molar-refractivity contribution in [3.63, 3.8) is 0 Å². The molecule has 2 aromatic carbocycles. The molecule has 0 heterocycles. The number of nitro groups is 1. The van der Waals surface area contributed by atoms with Gasteiger partial charge in [-0.05, 0) is 29.8 Å². The molecule has 0 amide bonds. The maximum Gasteiger partial charge on any atom is 0.269 e. The van der Waals surface area contributed by atoms with E-state index in [-0.39, 0.29) is 11.5 Å². The zero-order valence-electron chi connectivity index (χ0n) is 14.8. The minimum atomic E-state index is -0.424. The van der Waals surface area contributed by atoms with Crippen LogP contribution in [0.2, 0.25) is 0 Å². The Morgan fingerprint density at radius 2 is 1.81 bits per heavy atom. The van der Waals surface area contributed by atoms with Crippen molar-refractivity contribution in [1.29, 1.82) is 0 Å². The average Bonchev–Trinajstić information content (AvgIpc) is 2.64. The van der Waals surface area contributed by atoms with Gasteiger partial charge in [0.1, 0.15) is 5.82 Å². The van der Waals surface area contributed by atoms with Crippen molar-refractivity contribution < 1.29 is 9.31 Å². The number of guanidine groups is 1. The van der Waals surface area contributed by atoms with E-state index in [1.807, 2.05) is 11.9 Å². The Kier molecular flexibility index (Phi) is 6.90. The fourth-order valence-electron chi connectivity index (χ4n) is 2.41. The minimum absolute atomic E-state index is 0.0662. The van der Waals surface area contributed by atoms with E-state index >= 15 is 0 Å². The number of nitrogens with one attached hydrogen (secondary N) is 2. The lowest BCUT2D eigenvalue weighted by Gasteiger charge is -2.22. The molecule has 0 spiro atoms. The van der Waals surface area contributed by atoms with Crippen molar-refractivity contribution in [3.05, 3.63) is 70.0 Å². The Labute approximate surface area is 151 Å². The summed E-state index contributed by atoms with van der Waals surface area (Å²) in [5, 5.41) is 17.0. The number of hydrogen-bond donors (Lipinski definition) is 2. The van der Waals surface area contributed by atoms with Crippen LogP contribution in [0.3, 0.4) is 0 Å². The van der Waals surface area contributed by atoms with E-state index in [1.165, 1.54) is 24.3 Å². The Morgan fingerprint density at radius 3 is 2.38 bits per heavy atom. The van der Waals surface area contributed by atoms with Gasteiger partial charge in [0.05, 0.1) is 4.92 Å². The van der Waals surface area contributed by atoms with Crippen LogP contribution < -0.4 is 10.6 Å². The summed E-state index contributed by atoms with van der Waals surface area (Å²) >= 11 is 0. The molecule has 0 aliphatic carbocycles. The van der Waals surface area contributed by atoms with Gasteiger partial charge in [0.2, 0.25) is 0 Å². The average molecular weight is 359 g/mol. The lowest BCUT2D eigenvalue weighted by Crippen LogP contribution is -2.40. The number of hydrogen-bond acceptors (Lipinski definition) is 4. The fourth-order valence-corrected chi connectivity index (χ4v) is 2.41. The van der Waals surface area contributed by atoms with E-state index in [1.54, 1.807) is 31.3 Å². The number of aliphatic imine (C=N–C) groups is 1. The van der Waals surface area contributed by atoms with Crippen LogP contribution in [0.1, 0.15) is 5.56 Å². The van der Waals surface area contributed by atoms with Crippen molar-refractivity contribution in [1.82, 2.24) is 10.2 Å². The predicted molar refractivity (Wildman–Crippen MR) is 101 cm³/mol. The molecule has 0 atom stereocenters. The van der Waals surface area contributed by atoms with Crippen molar-refractivity contribution in [3.8, 4) is 0 Å². The molecule has 0 saturated heterocycles. The molecular weight excluding hydrogens is 337 g/mol. The molecule has 2 N–H and O–H groups in total. The summed E-state index contributed by atoms with van der Waals surface area (Å²) in [4.78, 5) is 16.4. The Morgan fingerprint density at radius 1 is 1.15 bits per heavy atom. The first-order valence-electron chi connectivity index (χ1n) is 8.14. The van der Waals surface area contributed by atoms with Crippen molar-refractivity contribution in [2.24, 2.45) is 4.99 Å². The first kappa shape index (κ1) is 19.2. The van der Waals surface area contributed by atoms with Crippen LogP contribution >= 0.6 is 0 Å². The molecule has 2 rings (SSSR count). The maximum absolute atomic E-state index is 13.0. The smallest absolute Gasteiger partial charge is 0.269 e. The van der Waals surface area contributed by atoms with Crippen LogP contribution in [0.5, 0.6) is 0 Å². The summed E-state index contributed by atoms with van der Waals surface area (Å²) in [5.41, 5.74) is 1.87. The van der Waals surface area contributed by atoms with Gasteiger partial charge in [-0.25, -0.2) is 4.39 Å². The third-order valence-electron chi connectivity index (χ3n) is 3.72. The van der Waals surface area contributed by atoms with Crippen LogP contribution in [0.25, 0.3) is 0 Å². The van der Waals surface area contributed by atoms with Crippen LogP contribution in [0.4, 0.5) is 15.8 Å². The van der Waals surface area contributed by atoms with Gasteiger partial charge in [-0.15, -0.1) is 0 Å². The van der Waals surface area contributed by atoms with E-state index in [4.69, 9.17) is 0 Å². The maximum atomic E-state index is 13.0. The summed E-state index contributed by atoms with van der Waals surface area (Å²) in [7, 11) is 3.61. The molecule has 138 valence electrons. The second-order valence-corrected chi connectivity index (χ2v) is 5.69. The largest absolute Gasteiger partial charge is 0.383 e. The quantitative estimate of drug-likeness (QED) is 0.261. The summed E-state index contributed by atoms with van der Waals surface area (Å²) in [6, 6.07) is 12.6. The highest BCUT2D eigenvalue weighted by Gasteiger charge is 2.07. The second-order valence-electron chi connectivity index (χ2n) is 5.69.